The van der Waals surface area contributed by atoms with Gasteiger partial charge in [0.25, 0.3) is 11.8 Å². The third-order valence-corrected chi connectivity index (χ3v) is 9.26. The normalized spacial score (nSPS) is 20.2. The molecule has 1 aromatic heterocycles. The van der Waals surface area contributed by atoms with Crippen LogP contribution in [0.5, 0.6) is 0 Å². The van der Waals surface area contributed by atoms with Gasteiger partial charge in [-0.2, -0.15) is 0 Å². The summed E-state index contributed by atoms with van der Waals surface area (Å²) in [6, 6.07) is 6.70. The van der Waals surface area contributed by atoms with Crippen molar-refractivity contribution in [3.8, 4) is 0 Å². The first-order valence-electron chi connectivity index (χ1n) is 9.28. The number of fused-ring (bicyclic) bond motifs is 1. The number of rotatable bonds is 7. The van der Waals surface area contributed by atoms with E-state index in [4.69, 9.17) is 10.6 Å². The van der Waals surface area contributed by atoms with Gasteiger partial charge in [0.2, 0.25) is 0 Å². The number of nitrogen functional groups attached to an aromatic ring is 1. The smallest absolute Gasteiger partial charge is 0.353 e. The highest BCUT2D eigenvalue weighted by Gasteiger charge is 2.54. The van der Waals surface area contributed by atoms with Gasteiger partial charge in [0.15, 0.2) is 10.8 Å². The Hall–Kier alpha value is -2.30. The fourth-order valence-electron chi connectivity index (χ4n) is 3.23. The number of benzene rings is 1. The van der Waals surface area contributed by atoms with E-state index >= 15 is 0 Å². The summed E-state index contributed by atoms with van der Waals surface area (Å²) in [6.07, 6.45) is 0. The summed E-state index contributed by atoms with van der Waals surface area (Å²) in [4.78, 5) is 49.3. The number of oxime groups is 1. The van der Waals surface area contributed by atoms with E-state index in [9.17, 15) is 19.5 Å². The third-order valence-electron chi connectivity index (χ3n) is 4.65. The first kappa shape index (κ1) is 23.8. The first-order valence-corrected chi connectivity index (χ1v) is 13.1. The summed E-state index contributed by atoms with van der Waals surface area (Å²) in [5.74, 6) is -1.97. The van der Waals surface area contributed by atoms with Crippen LogP contribution >= 0.6 is 57.5 Å². The SMILES string of the molecule is CO/N=C(/C(=O)N[C@@H]1C(=O)N2C(C(=O)O)=C(Sc3ccccc3I)CS[C@H]12)c1csc(N)n1. The number of carboxylic acids is 1. The Kier molecular flexibility index (Phi) is 7.16. The average molecular weight is 617 g/mol. The second-order valence-corrected chi connectivity index (χ2v) is 11.0. The van der Waals surface area contributed by atoms with E-state index in [0.29, 0.717) is 10.7 Å². The summed E-state index contributed by atoms with van der Waals surface area (Å²) >= 11 is 6.04. The molecule has 2 aliphatic heterocycles. The predicted molar refractivity (Wildman–Crippen MR) is 135 cm³/mol. The van der Waals surface area contributed by atoms with Gasteiger partial charge in [0.05, 0.1) is 0 Å². The molecule has 0 radical (unpaired) electrons. The molecule has 1 aromatic carbocycles. The van der Waals surface area contributed by atoms with Crippen LogP contribution in [0.25, 0.3) is 0 Å². The number of nitrogens with zero attached hydrogens (tertiary/aromatic N) is 3. The molecule has 3 heterocycles. The Morgan fingerprint density at radius 3 is 2.82 bits per heavy atom. The Balaban J connectivity index is 1.54. The van der Waals surface area contributed by atoms with Crippen molar-refractivity contribution in [1.82, 2.24) is 15.2 Å². The fourth-order valence-corrected chi connectivity index (χ4v) is 6.99. The first-order chi connectivity index (χ1) is 15.8. The largest absolute Gasteiger partial charge is 0.477 e. The molecule has 2 amide bonds. The molecule has 1 fully saturated rings. The minimum absolute atomic E-state index is 0.0584. The summed E-state index contributed by atoms with van der Waals surface area (Å²) < 4.78 is 0.983. The molecule has 0 aliphatic carbocycles. The molecule has 172 valence electrons. The van der Waals surface area contributed by atoms with Gasteiger partial charge in [0, 0.05) is 24.5 Å². The van der Waals surface area contributed by atoms with Crippen molar-refractivity contribution in [2.24, 2.45) is 5.16 Å². The van der Waals surface area contributed by atoms with Crippen molar-refractivity contribution < 1.29 is 24.3 Å². The van der Waals surface area contributed by atoms with Gasteiger partial charge in [-0.05, 0) is 34.7 Å². The standard InChI is InChI=1S/C19H16IN5O5S3/c1-30-24-12(9-6-32-19(21)22-9)15(26)23-13-16(27)25-14(18(28)29)11(7-31-17(13)25)33-10-5-3-2-4-8(10)20/h2-6,13,17H,7H2,1H3,(H2,21,22)(H,23,26)(H,28,29)/b24-12+/t13-,17-/m1/s1. The molecule has 0 bridgehead atoms. The van der Waals surface area contributed by atoms with E-state index in [1.54, 1.807) is 5.38 Å². The van der Waals surface area contributed by atoms with Crippen molar-refractivity contribution in [2.75, 3.05) is 18.6 Å². The highest BCUT2D eigenvalue weighted by atomic mass is 127. The van der Waals surface area contributed by atoms with Crippen LogP contribution < -0.4 is 11.1 Å². The minimum atomic E-state index is -1.19. The molecule has 1 saturated heterocycles. The van der Waals surface area contributed by atoms with E-state index in [1.807, 2.05) is 24.3 Å². The summed E-state index contributed by atoms with van der Waals surface area (Å²) in [7, 11) is 1.28. The number of hydrogen-bond acceptors (Lipinski definition) is 10. The molecule has 10 nitrogen and oxygen atoms in total. The molecule has 4 rings (SSSR count). The van der Waals surface area contributed by atoms with Crippen molar-refractivity contribution in [1.29, 1.82) is 0 Å². The number of hydrogen-bond donors (Lipinski definition) is 3. The van der Waals surface area contributed by atoms with Crippen LogP contribution in [0.1, 0.15) is 5.69 Å². The van der Waals surface area contributed by atoms with E-state index in [0.717, 1.165) is 19.8 Å². The third kappa shape index (κ3) is 4.69. The zero-order valence-corrected chi connectivity index (χ0v) is 21.5. The number of thioether (sulfide) groups is 2. The number of β-lactam (4-membered cyclic amide) rings is 1. The van der Waals surface area contributed by atoms with Crippen molar-refractivity contribution in [3.05, 3.63) is 49.5 Å². The molecule has 33 heavy (non-hydrogen) atoms. The maximum Gasteiger partial charge on any atom is 0.353 e. The second-order valence-electron chi connectivity index (χ2n) is 6.66. The zero-order valence-electron chi connectivity index (χ0n) is 16.9. The Morgan fingerprint density at radius 1 is 1.42 bits per heavy atom. The number of carboxylic acid groups (broad SMARTS) is 1. The monoisotopic (exact) mass is 617 g/mol. The number of anilines is 1. The maximum atomic E-state index is 12.9. The number of carbonyl (C=O) groups is 3. The van der Waals surface area contributed by atoms with E-state index in [-0.39, 0.29) is 22.2 Å². The van der Waals surface area contributed by atoms with Gasteiger partial charge >= 0.3 is 5.97 Å². The lowest BCUT2D eigenvalue weighted by molar-refractivity contribution is -0.150. The van der Waals surface area contributed by atoms with Gasteiger partial charge in [-0.1, -0.05) is 29.1 Å². The van der Waals surface area contributed by atoms with Gasteiger partial charge in [-0.25, -0.2) is 9.78 Å². The fraction of sp³-hybridized carbons (Fsp3) is 0.211. The molecule has 2 aliphatic rings. The van der Waals surface area contributed by atoms with E-state index in [1.165, 1.54) is 35.5 Å². The number of thiazole rings is 1. The topological polar surface area (TPSA) is 147 Å². The molecule has 4 N–H and O–H groups in total. The van der Waals surface area contributed by atoms with Gasteiger partial charge < -0.3 is 21.0 Å². The van der Waals surface area contributed by atoms with Crippen LogP contribution in [-0.4, -0.2) is 62.8 Å². The van der Waals surface area contributed by atoms with Crippen LogP contribution in [0.15, 0.2) is 50.3 Å². The number of aromatic nitrogens is 1. The highest BCUT2D eigenvalue weighted by Crippen LogP contribution is 2.45. The summed E-state index contributed by atoms with van der Waals surface area (Å²) in [5, 5.41) is 17.5. The lowest BCUT2D eigenvalue weighted by Gasteiger charge is -2.49. The molecule has 2 atom stereocenters. The zero-order chi connectivity index (χ0) is 23.7. The molecule has 0 unspecified atom stereocenters. The van der Waals surface area contributed by atoms with Crippen LogP contribution in [0.4, 0.5) is 5.13 Å². The Morgan fingerprint density at radius 2 is 2.18 bits per heavy atom. The molecular weight excluding hydrogens is 601 g/mol. The molecular formula is C19H16IN5O5S3. The summed E-state index contributed by atoms with van der Waals surface area (Å²) in [6.45, 7) is 0. The van der Waals surface area contributed by atoms with Gasteiger partial charge in [0.1, 0.15) is 29.9 Å². The van der Waals surface area contributed by atoms with Crippen molar-refractivity contribution >= 4 is 86.1 Å². The maximum absolute atomic E-state index is 12.9. The van der Waals surface area contributed by atoms with Crippen LogP contribution in [0, 0.1) is 3.57 Å². The van der Waals surface area contributed by atoms with Crippen molar-refractivity contribution in [3.63, 3.8) is 0 Å². The van der Waals surface area contributed by atoms with Crippen LogP contribution in [0.3, 0.4) is 0 Å². The van der Waals surface area contributed by atoms with Crippen molar-refractivity contribution in [2.45, 2.75) is 16.3 Å². The highest BCUT2D eigenvalue weighted by molar-refractivity contribution is 14.1. The lowest BCUT2D eigenvalue weighted by Crippen LogP contribution is -2.71. The molecule has 0 saturated carbocycles. The second kappa shape index (κ2) is 9.90. The number of carbonyl (C=O) groups excluding carboxylic acids is 2. The lowest BCUT2D eigenvalue weighted by atomic mass is 10.0. The molecule has 14 heteroatoms. The minimum Gasteiger partial charge on any atom is -0.477 e. The number of aliphatic carboxylic acids is 1. The Bertz CT molecular complexity index is 1200. The number of amides is 2. The van der Waals surface area contributed by atoms with Gasteiger partial charge in [-0.3, -0.25) is 14.5 Å². The number of halogens is 1. The van der Waals surface area contributed by atoms with Crippen LogP contribution in [0.2, 0.25) is 0 Å². The number of nitrogens with one attached hydrogen (secondary N) is 1. The molecule has 2 aromatic rings. The van der Waals surface area contributed by atoms with Gasteiger partial charge in [-0.15, -0.1) is 23.1 Å². The Labute approximate surface area is 214 Å². The quantitative estimate of drug-likeness (QED) is 0.184. The van der Waals surface area contributed by atoms with E-state index in [2.05, 4.69) is 38.0 Å². The predicted octanol–water partition coefficient (Wildman–Crippen LogP) is 2.17. The van der Waals surface area contributed by atoms with Crippen LogP contribution in [-0.2, 0) is 19.2 Å². The number of nitrogens with two attached hydrogens (primary N) is 1. The average Bonchev–Trinajstić information content (AvgIpc) is 3.22. The van der Waals surface area contributed by atoms with E-state index < -0.39 is 29.2 Å². The summed E-state index contributed by atoms with van der Waals surface area (Å²) in [5.41, 5.74) is 5.67. The molecule has 0 spiro atoms.